The molecule has 9 nitrogen and oxygen atoms in total. The summed E-state index contributed by atoms with van der Waals surface area (Å²) in [5.74, 6) is 2.83. The van der Waals surface area contributed by atoms with E-state index in [0.717, 1.165) is 11.4 Å². The molecule has 1 saturated heterocycles. The Hall–Kier alpha value is -3.62. The smallest absolute Gasteiger partial charge is 0.257 e. The van der Waals surface area contributed by atoms with Gasteiger partial charge in [0.2, 0.25) is 11.7 Å². The fourth-order valence-corrected chi connectivity index (χ4v) is 3.49. The molecule has 0 unspecified atom stereocenters. The number of nitrogens with zero attached hydrogens (tertiary/aromatic N) is 5. The quantitative estimate of drug-likeness (QED) is 0.634. The number of amides is 1. The molecule has 0 aliphatic carbocycles. The number of para-hydroxylation sites is 1. The largest absolute Gasteiger partial charge is 0.493 e. The fourth-order valence-electron chi connectivity index (χ4n) is 3.49. The monoisotopic (exact) mass is 409 g/mol. The van der Waals surface area contributed by atoms with Gasteiger partial charge in [-0.05, 0) is 24.3 Å². The van der Waals surface area contributed by atoms with Crippen LogP contribution in [0.25, 0.3) is 11.4 Å². The highest BCUT2D eigenvalue weighted by Gasteiger charge is 2.26. The third-order valence-corrected chi connectivity index (χ3v) is 5.06. The van der Waals surface area contributed by atoms with Crippen molar-refractivity contribution in [2.45, 2.75) is 6.92 Å². The molecule has 9 heteroatoms. The number of methoxy groups -OCH3 is 2. The van der Waals surface area contributed by atoms with E-state index in [1.807, 2.05) is 17.0 Å². The summed E-state index contributed by atoms with van der Waals surface area (Å²) in [6.07, 6.45) is 1.73. The van der Waals surface area contributed by atoms with Crippen LogP contribution in [-0.2, 0) is 0 Å². The standard InChI is InChI=1S/C21H23N5O4/c1-14-23-20(24-30-14)15-7-8-18(22-13-15)25-9-11-26(12-10-25)21(27)16-5-4-6-17(28-2)19(16)29-3/h4-8,13H,9-12H2,1-3H3. The third kappa shape index (κ3) is 3.78. The number of aryl methyl sites for hydroxylation is 1. The number of ether oxygens (including phenoxy) is 2. The maximum atomic E-state index is 13.0. The average Bonchev–Trinajstić information content (AvgIpc) is 3.24. The van der Waals surface area contributed by atoms with E-state index in [-0.39, 0.29) is 5.91 Å². The first-order valence-electron chi connectivity index (χ1n) is 9.62. The molecule has 0 N–H and O–H groups in total. The molecule has 0 bridgehead atoms. The number of anilines is 1. The van der Waals surface area contributed by atoms with Gasteiger partial charge >= 0.3 is 0 Å². The minimum atomic E-state index is -0.0683. The Labute approximate surface area is 174 Å². The van der Waals surface area contributed by atoms with E-state index in [9.17, 15) is 4.79 Å². The Balaban J connectivity index is 1.42. The van der Waals surface area contributed by atoms with Gasteiger partial charge in [0.25, 0.3) is 5.91 Å². The van der Waals surface area contributed by atoms with Gasteiger partial charge in [-0.3, -0.25) is 4.79 Å². The zero-order valence-electron chi connectivity index (χ0n) is 17.2. The van der Waals surface area contributed by atoms with E-state index in [0.29, 0.717) is 55.0 Å². The van der Waals surface area contributed by atoms with Gasteiger partial charge in [0.1, 0.15) is 5.82 Å². The van der Waals surface area contributed by atoms with Crippen LogP contribution in [0.15, 0.2) is 41.1 Å². The summed E-state index contributed by atoms with van der Waals surface area (Å²) < 4.78 is 15.7. The highest BCUT2D eigenvalue weighted by atomic mass is 16.5. The van der Waals surface area contributed by atoms with E-state index >= 15 is 0 Å². The van der Waals surface area contributed by atoms with Gasteiger partial charge in [0.05, 0.1) is 19.8 Å². The van der Waals surface area contributed by atoms with Crippen LogP contribution in [0.5, 0.6) is 11.5 Å². The molecule has 156 valence electrons. The summed E-state index contributed by atoms with van der Waals surface area (Å²) in [7, 11) is 3.10. The molecule has 0 saturated carbocycles. The van der Waals surface area contributed by atoms with Crippen molar-refractivity contribution in [1.82, 2.24) is 20.0 Å². The minimum Gasteiger partial charge on any atom is -0.493 e. The van der Waals surface area contributed by atoms with Crippen LogP contribution in [0.2, 0.25) is 0 Å². The van der Waals surface area contributed by atoms with Gasteiger partial charge in [-0.2, -0.15) is 4.98 Å². The van der Waals surface area contributed by atoms with E-state index in [1.54, 1.807) is 38.4 Å². The predicted molar refractivity (Wildman–Crippen MR) is 110 cm³/mol. The molecule has 1 fully saturated rings. The minimum absolute atomic E-state index is 0.0683. The average molecular weight is 409 g/mol. The number of carbonyl (C=O) groups excluding carboxylic acids is 1. The topological polar surface area (TPSA) is 93.8 Å². The Morgan fingerprint density at radius 2 is 1.87 bits per heavy atom. The van der Waals surface area contributed by atoms with Crippen LogP contribution < -0.4 is 14.4 Å². The van der Waals surface area contributed by atoms with Gasteiger partial charge in [0, 0.05) is 44.9 Å². The normalized spacial score (nSPS) is 14.0. The maximum Gasteiger partial charge on any atom is 0.257 e. The first-order chi connectivity index (χ1) is 14.6. The van der Waals surface area contributed by atoms with Crippen molar-refractivity contribution in [2.24, 2.45) is 0 Å². The van der Waals surface area contributed by atoms with E-state index in [2.05, 4.69) is 20.0 Å². The first kappa shape index (κ1) is 19.7. The van der Waals surface area contributed by atoms with Crippen molar-refractivity contribution in [3.8, 4) is 22.9 Å². The van der Waals surface area contributed by atoms with Crippen molar-refractivity contribution < 1.29 is 18.8 Å². The molecule has 3 heterocycles. The van der Waals surface area contributed by atoms with Crippen LogP contribution in [0.1, 0.15) is 16.2 Å². The van der Waals surface area contributed by atoms with Crippen molar-refractivity contribution in [1.29, 1.82) is 0 Å². The SMILES string of the molecule is COc1cccc(C(=O)N2CCN(c3ccc(-c4noc(C)n4)cn3)CC2)c1OC. The van der Waals surface area contributed by atoms with E-state index in [4.69, 9.17) is 14.0 Å². The van der Waals surface area contributed by atoms with E-state index < -0.39 is 0 Å². The molecule has 1 aliphatic rings. The molecule has 30 heavy (non-hydrogen) atoms. The lowest BCUT2D eigenvalue weighted by Gasteiger charge is -2.35. The van der Waals surface area contributed by atoms with Gasteiger partial charge in [0.15, 0.2) is 11.5 Å². The molecule has 1 amide bonds. The van der Waals surface area contributed by atoms with Gasteiger partial charge in [-0.15, -0.1) is 0 Å². The Kier molecular flexibility index (Phi) is 5.51. The lowest BCUT2D eigenvalue weighted by molar-refractivity contribution is 0.0742. The van der Waals surface area contributed by atoms with Crippen LogP contribution >= 0.6 is 0 Å². The summed E-state index contributed by atoms with van der Waals surface area (Å²) in [5, 5.41) is 3.91. The number of aromatic nitrogens is 3. The Morgan fingerprint density at radius 3 is 2.47 bits per heavy atom. The number of hydrogen-bond acceptors (Lipinski definition) is 8. The molecule has 2 aromatic heterocycles. The summed E-state index contributed by atoms with van der Waals surface area (Å²) in [4.78, 5) is 25.7. The number of carbonyl (C=O) groups is 1. The second-order valence-corrected chi connectivity index (χ2v) is 6.86. The maximum absolute atomic E-state index is 13.0. The van der Waals surface area contributed by atoms with Crippen LogP contribution in [0, 0.1) is 6.92 Å². The molecule has 1 aliphatic heterocycles. The first-order valence-corrected chi connectivity index (χ1v) is 9.62. The molecular formula is C21H23N5O4. The van der Waals surface area contributed by atoms with Crippen LogP contribution in [0.4, 0.5) is 5.82 Å². The molecular weight excluding hydrogens is 386 g/mol. The second-order valence-electron chi connectivity index (χ2n) is 6.86. The number of piperazine rings is 1. The summed E-state index contributed by atoms with van der Waals surface area (Å²) in [5.41, 5.74) is 1.30. The lowest BCUT2D eigenvalue weighted by atomic mass is 10.1. The predicted octanol–water partition coefficient (Wildman–Crippen LogP) is 2.42. The van der Waals surface area contributed by atoms with Crippen molar-refractivity contribution in [3.63, 3.8) is 0 Å². The molecule has 4 rings (SSSR count). The number of hydrogen-bond donors (Lipinski definition) is 0. The second kappa shape index (κ2) is 8.40. The van der Waals surface area contributed by atoms with Crippen molar-refractivity contribution >= 4 is 11.7 Å². The van der Waals surface area contributed by atoms with Crippen LogP contribution in [0.3, 0.4) is 0 Å². The lowest BCUT2D eigenvalue weighted by Crippen LogP contribution is -2.49. The zero-order valence-corrected chi connectivity index (χ0v) is 17.2. The highest BCUT2D eigenvalue weighted by Crippen LogP contribution is 2.31. The Bertz CT molecular complexity index is 1030. The van der Waals surface area contributed by atoms with Gasteiger partial charge < -0.3 is 23.8 Å². The molecule has 0 spiro atoms. The van der Waals surface area contributed by atoms with Crippen molar-refractivity contribution in [3.05, 3.63) is 48.0 Å². The summed E-state index contributed by atoms with van der Waals surface area (Å²) in [6, 6.07) is 9.19. The molecule has 1 aromatic carbocycles. The zero-order chi connectivity index (χ0) is 21.1. The van der Waals surface area contributed by atoms with Gasteiger partial charge in [-0.25, -0.2) is 4.98 Å². The summed E-state index contributed by atoms with van der Waals surface area (Å²) in [6.45, 7) is 4.30. The number of rotatable bonds is 5. The third-order valence-electron chi connectivity index (χ3n) is 5.06. The fraction of sp³-hybridized carbons (Fsp3) is 0.333. The van der Waals surface area contributed by atoms with Gasteiger partial charge in [-0.1, -0.05) is 11.2 Å². The van der Waals surface area contributed by atoms with Crippen molar-refractivity contribution in [2.75, 3.05) is 45.3 Å². The molecule has 0 radical (unpaired) electrons. The summed E-state index contributed by atoms with van der Waals surface area (Å²) >= 11 is 0. The molecule has 0 atom stereocenters. The number of pyridine rings is 1. The number of benzene rings is 1. The molecule has 3 aromatic rings. The highest BCUT2D eigenvalue weighted by molar-refractivity contribution is 5.98. The Morgan fingerprint density at radius 1 is 1.07 bits per heavy atom. The van der Waals surface area contributed by atoms with Crippen LogP contribution in [-0.4, -0.2) is 66.3 Å². The van der Waals surface area contributed by atoms with E-state index in [1.165, 1.54) is 7.11 Å².